The van der Waals surface area contributed by atoms with E-state index in [1.54, 1.807) is 19.9 Å². The Labute approximate surface area is 107 Å². The molecule has 4 nitrogen and oxygen atoms in total. The summed E-state index contributed by atoms with van der Waals surface area (Å²) in [6.45, 7) is 8.85. The maximum absolute atomic E-state index is 12.2. The van der Waals surface area contributed by atoms with Crippen molar-refractivity contribution < 1.29 is 19.1 Å². The third-order valence-corrected chi connectivity index (χ3v) is 2.72. The van der Waals surface area contributed by atoms with E-state index in [9.17, 15) is 9.59 Å². The molecule has 0 spiro atoms. The van der Waals surface area contributed by atoms with Crippen molar-refractivity contribution in [2.24, 2.45) is 0 Å². The van der Waals surface area contributed by atoms with E-state index in [1.807, 2.05) is 0 Å². The summed E-state index contributed by atoms with van der Waals surface area (Å²) in [5, 5.41) is 0. The Morgan fingerprint density at radius 2 is 1.67 bits per heavy atom. The van der Waals surface area contributed by atoms with Crippen molar-refractivity contribution in [2.45, 2.75) is 20.3 Å². The predicted octanol–water partition coefficient (Wildman–Crippen LogP) is 2.01. The SMILES string of the molecule is [CH]/C(C)=C\CC1=C(C)C(=O)C(OC)=C(OC)C1=O. The zero-order valence-corrected chi connectivity index (χ0v) is 11.0. The van der Waals surface area contributed by atoms with E-state index < -0.39 is 0 Å². The third kappa shape index (κ3) is 2.53. The van der Waals surface area contributed by atoms with E-state index in [2.05, 4.69) is 0 Å². The Morgan fingerprint density at radius 3 is 2.11 bits per heavy atom. The fourth-order valence-corrected chi connectivity index (χ4v) is 1.70. The van der Waals surface area contributed by atoms with Gasteiger partial charge in [0, 0.05) is 11.1 Å². The van der Waals surface area contributed by atoms with E-state index in [0.29, 0.717) is 23.1 Å². The molecular formula is C14H16O4. The van der Waals surface area contributed by atoms with E-state index in [1.165, 1.54) is 14.2 Å². The number of hydrogen-bond acceptors (Lipinski definition) is 4. The molecule has 4 heteroatoms. The quantitative estimate of drug-likeness (QED) is 0.714. The lowest BCUT2D eigenvalue weighted by Crippen LogP contribution is -2.24. The van der Waals surface area contributed by atoms with Gasteiger partial charge >= 0.3 is 0 Å². The second-order valence-electron chi connectivity index (χ2n) is 3.98. The number of carbonyl (C=O) groups is 2. The van der Waals surface area contributed by atoms with Crippen LogP contribution in [0.4, 0.5) is 0 Å². The molecule has 0 fully saturated rings. The minimum atomic E-state index is -0.330. The van der Waals surface area contributed by atoms with Gasteiger partial charge in [0.1, 0.15) is 0 Å². The molecule has 0 N–H and O–H groups in total. The van der Waals surface area contributed by atoms with Crippen LogP contribution in [0.3, 0.4) is 0 Å². The molecule has 1 aliphatic rings. The number of Topliss-reactive ketones (excluding diaryl/α,β-unsaturated/α-hetero) is 2. The van der Waals surface area contributed by atoms with Crippen LogP contribution in [0.2, 0.25) is 0 Å². The standard InChI is InChI=1S/C14H16O4/c1-8(2)6-7-10-9(3)11(15)13(17-4)14(18-5)12(10)16/h1,6H,7H2,2-5H3/b8-6+. The van der Waals surface area contributed by atoms with Gasteiger partial charge in [-0.05, 0) is 27.2 Å². The first kappa shape index (κ1) is 14.2. The molecule has 96 valence electrons. The second-order valence-corrected chi connectivity index (χ2v) is 3.98. The minimum Gasteiger partial charge on any atom is -0.489 e. The first-order valence-corrected chi connectivity index (χ1v) is 5.47. The van der Waals surface area contributed by atoms with Gasteiger partial charge in [-0.1, -0.05) is 11.6 Å². The summed E-state index contributed by atoms with van der Waals surface area (Å²) in [6.07, 6.45) is 2.00. The molecule has 0 atom stereocenters. The maximum Gasteiger partial charge on any atom is 0.228 e. The number of hydrogen-bond donors (Lipinski definition) is 0. The molecule has 0 aromatic carbocycles. The number of ether oxygens (including phenoxy) is 2. The molecule has 0 heterocycles. The minimum absolute atomic E-state index is 0.0443. The van der Waals surface area contributed by atoms with Crippen molar-refractivity contribution in [1.82, 2.24) is 0 Å². The molecule has 0 saturated heterocycles. The monoisotopic (exact) mass is 248 g/mol. The van der Waals surface area contributed by atoms with Crippen LogP contribution < -0.4 is 0 Å². The number of allylic oxidation sites excluding steroid dienone is 4. The van der Waals surface area contributed by atoms with Gasteiger partial charge in [-0.15, -0.1) is 0 Å². The van der Waals surface area contributed by atoms with Crippen LogP contribution in [0.1, 0.15) is 20.3 Å². The number of rotatable bonds is 4. The summed E-state index contributed by atoms with van der Waals surface area (Å²) in [4.78, 5) is 24.2. The van der Waals surface area contributed by atoms with Gasteiger partial charge < -0.3 is 9.47 Å². The highest BCUT2D eigenvalue weighted by Crippen LogP contribution is 2.27. The van der Waals surface area contributed by atoms with Crippen molar-refractivity contribution in [3.05, 3.63) is 41.2 Å². The lowest BCUT2D eigenvalue weighted by molar-refractivity contribution is -0.121. The Balaban J connectivity index is 3.22. The van der Waals surface area contributed by atoms with Gasteiger partial charge in [0.15, 0.2) is 0 Å². The van der Waals surface area contributed by atoms with E-state index in [0.717, 1.165) is 0 Å². The van der Waals surface area contributed by atoms with Crippen molar-refractivity contribution >= 4 is 11.6 Å². The molecule has 18 heavy (non-hydrogen) atoms. The average Bonchev–Trinajstić information content (AvgIpc) is 2.32. The van der Waals surface area contributed by atoms with Crippen molar-refractivity contribution in [3.63, 3.8) is 0 Å². The highest BCUT2D eigenvalue weighted by molar-refractivity contribution is 6.23. The Hall–Kier alpha value is -1.84. The zero-order chi connectivity index (χ0) is 13.9. The lowest BCUT2D eigenvalue weighted by Gasteiger charge is -2.19. The van der Waals surface area contributed by atoms with E-state index in [4.69, 9.17) is 16.4 Å². The van der Waals surface area contributed by atoms with Crippen LogP contribution in [-0.2, 0) is 19.1 Å². The van der Waals surface area contributed by atoms with E-state index in [-0.39, 0.29) is 23.1 Å². The lowest BCUT2D eigenvalue weighted by atomic mass is 9.90. The molecule has 0 unspecified atom stereocenters. The number of methoxy groups -OCH3 is 2. The fraction of sp³-hybridized carbons (Fsp3) is 0.357. The van der Waals surface area contributed by atoms with Gasteiger partial charge in [-0.3, -0.25) is 9.59 Å². The van der Waals surface area contributed by atoms with Crippen molar-refractivity contribution in [1.29, 1.82) is 0 Å². The zero-order valence-electron chi connectivity index (χ0n) is 11.0. The van der Waals surface area contributed by atoms with Crippen LogP contribution in [0.5, 0.6) is 0 Å². The average molecular weight is 248 g/mol. The molecule has 0 saturated carbocycles. The van der Waals surface area contributed by atoms with Crippen LogP contribution in [0, 0.1) is 6.92 Å². The largest absolute Gasteiger partial charge is 0.489 e. The highest BCUT2D eigenvalue weighted by atomic mass is 16.5. The fourth-order valence-electron chi connectivity index (χ4n) is 1.70. The molecule has 0 aromatic rings. The van der Waals surface area contributed by atoms with Gasteiger partial charge in [0.2, 0.25) is 23.1 Å². The van der Waals surface area contributed by atoms with Crippen molar-refractivity contribution in [2.75, 3.05) is 14.2 Å². The second kappa shape index (κ2) is 5.67. The molecule has 2 radical (unpaired) electrons. The number of ketones is 2. The van der Waals surface area contributed by atoms with Crippen LogP contribution >= 0.6 is 0 Å². The predicted molar refractivity (Wildman–Crippen MR) is 66.4 cm³/mol. The smallest absolute Gasteiger partial charge is 0.228 e. The molecule has 0 bridgehead atoms. The summed E-state index contributed by atoms with van der Waals surface area (Å²) in [5.74, 6) is -0.751. The Morgan fingerprint density at radius 1 is 1.17 bits per heavy atom. The van der Waals surface area contributed by atoms with Crippen LogP contribution in [0.15, 0.2) is 34.3 Å². The van der Waals surface area contributed by atoms with Gasteiger partial charge in [0.05, 0.1) is 14.2 Å². The normalized spacial score (nSPS) is 17.5. The summed E-state index contributed by atoms with van der Waals surface area (Å²) < 4.78 is 9.89. The third-order valence-electron chi connectivity index (χ3n) is 2.72. The highest BCUT2D eigenvalue weighted by Gasteiger charge is 2.33. The molecule has 0 aromatic heterocycles. The summed E-state index contributed by atoms with van der Waals surface area (Å²) in [7, 11) is 2.67. The Bertz CT molecular complexity index is 474. The van der Waals surface area contributed by atoms with Crippen LogP contribution in [-0.4, -0.2) is 25.8 Å². The maximum atomic E-state index is 12.2. The molecule has 1 rings (SSSR count). The summed E-state index contributed by atoms with van der Waals surface area (Å²) in [6, 6.07) is 0. The van der Waals surface area contributed by atoms with Gasteiger partial charge in [-0.2, -0.15) is 0 Å². The van der Waals surface area contributed by atoms with Gasteiger partial charge in [-0.25, -0.2) is 0 Å². The topological polar surface area (TPSA) is 52.6 Å². The summed E-state index contributed by atoms with van der Waals surface area (Å²) >= 11 is 0. The molecule has 0 amide bonds. The summed E-state index contributed by atoms with van der Waals surface area (Å²) in [5.41, 5.74) is 1.36. The Kier molecular flexibility index (Phi) is 4.48. The first-order valence-electron chi connectivity index (χ1n) is 5.47. The van der Waals surface area contributed by atoms with Gasteiger partial charge in [0.25, 0.3) is 0 Å². The molecular weight excluding hydrogens is 232 g/mol. The van der Waals surface area contributed by atoms with Crippen molar-refractivity contribution in [3.8, 4) is 0 Å². The molecule has 0 aliphatic heterocycles. The van der Waals surface area contributed by atoms with Crippen LogP contribution in [0.25, 0.3) is 0 Å². The van der Waals surface area contributed by atoms with E-state index >= 15 is 0 Å². The number of carbonyl (C=O) groups excluding carboxylic acids is 2. The molecule has 1 aliphatic carbocycles. The first-order chi connectivity index (χ1) is 8.43.